The van der Waals surface area contributed by atoms with Crippen LogP contribution in [-0.2, 0) is 17.9 Å². The molecule has 0 spiro atoms. The van der Waals surface area contributed by atoms with Crippen LogP contribution in [-0.4, -0.2) is 11.6 Å². The molecule has 253 valence electrons. The van der Waals surface area contributed by atoms with Crippen LogP contribution in [0.15, 0.2) is 168 Å². The number of ketones is 2. The van der Waals surface area contributed by atoms with E-state index < -0.39 is 7.26 Å². The molecule has 1 saturated carbocycles. The van der Waals surface area contributed by atoms with Crippen molar-refractivity contribution in [2.24, 2.45) is 0 Å². The normalized spacial score (nSPS) is 15.9. The number of benzene rings is 5. The van der Waals surface area contributed by atoms with Crippen LogP contribution in [0.2, 0.25) is 0 Å². The Morgan fingerprint density at radius 1 is 0.654 bits per heavy atom. The molecular weight excluding hydrogens is 830 g/mol. The number of rotatable bonds is 6. The molecule has 0 radical (unpaired) electrons. The molecule has 0 saturated heterocycles. The van der Waals surface area contributed by atoms with E-state index >= 15 is 0 Å². The van der Waals surface area contributed by atoms with Crippen molar-refractivity contribution in [1.82, 2.24) is 0 Å². The second-order valence-electron chi connectivity index (χ2n) is 12.8. The van der Waals surface area contributed by atoms with Gasteiger partial charge in [0.05, 0.1) is 0 Å². The fraction of sp³-hybridized carbons (Fsp3) is 0.104. The molecule has 0 aliphatic heterocycles. The summed E-state index contributed by atoms with van der Waals surface area (Å²) in [5.41, 5.74) is 6.85. The molecule has 0 unspecified atom stereocenters. The van der Waals surface area contributed by atoms with Gasteiger partial charge in [-0.15, -0.1) is 0 Å². The topological polar surface area (TPSA) is 34.1 Å². The second kappa shape index (κ2) is 15.6. The Morgan fingerprint density at radius 2 is 1.19 bits per heavy atom. The first-order chi connectivity index (χ1) is 25.5. The number of hydrogen-bond donors (Lipinski definition) is 0. The van der Waals surface area contributed by atoms with Crippen LogP contribution >= 0.6 is 7.26 Å². The fourth-order valence-electron chi connectivity index (χ4n) is 7.38. The number of allylic oxidation sites excluding steroid dienone is 7. The molecule has 0 N–H and O–H groups in total. The first-order valence-corrected chi connectivity index (χ1v) is 20.6. The minimum absolute atomic E-state index is 0.137. The summed E-state index contributed by atoms with van der Waals surface area (Å²) in [6.45, 7) is 4.05. The molecule has 0 aromatic heterocycles. The van der Waals surface area contributed by atoms with Crippen LogP contribution < -0.4 is 15.9 Å². The van der Waals surface area contributed by atoms with E-state index in [1.807, 2.05) is 31.2 Å². The third-order valence-electron chi connectivity index (χ3n) is 9.82. The van der Waals surface area contributed by atoms with Gasteiger partial charge in [0.15, 0.2) is 0 Å². The van der Waals surface area contributed by atoms with Gasteiger partial charge in [-0.2, -0.15) is 0 Å². The van der Waals surface area contributed by atoms with E-state index in [0.29, 0.717) is 27.8 Å². The van der Waals surface area contributed by atoms with Crippen LogP contribution in [0.1, 0.15) is 76.1 Å². The second-order valence-corrected chi connectivity index (χ2v) is 16.8. The zero-order chi connectivity index (χ0) is 36.1. The van der Waals surface area contributed by atoms with Gasteiger partial charge in [-0.1, -0.05) is 12.2 Å². The summed E-state index contributed by atoms with van der Waals surface area (Å²) in [5.74, 6) is 6.81. The van der Waals surface area contributed by atoms with Gasteiger partial charge >= 0.3 is 294 Å². The number of hydrogen-bond acceptors (Lipinski definition) is 2. The zero-order valence-electron chi connectivity index (χ0n) is 29.2. The summed E-state index contributed by atoms with van der Waals surface area (Å²) in [6.07, 6.45) is 11.5. The van der Waals surface area contributed by atoms with Crippen molar-refractivity contribution in [3.63, 3.8) is 0 Å². The van der Waals surface area contributed by atoms with Crippen molar-refractivity contribution < 1.29 is 27.5 Å². The van der Waals surface area contributed by atoms with Crippen molar-refractivity contribution in [2.45, 2.75) is 33.1 Å². The molecule has 1 fully saturated rings. The molecule has 52 heavy (non-hydrogen) atoms. The Balaban J connectivity index is 1.47. The molecule has 4 heteroatoms. The summed E-state index contributed by atoms with van der Waals surface area (Å²) in [5, 5.41) is 4.76. The van der Waals surface area contributed by atoms with Gasteiger partial charge in [0.2, 0.25) is 0 Å². The van der Waals surface area contributed by atoms with E-state index in [2.05, 4.69) is 126 Å². The van der Waals surface area contributed by atoms with Crippen LogP contribution in [0.3, 0.4) is 0 Å². The summed E-state index contributed by atoms with van der Waals surface area (Å²) < 4.78 is 3.76. The molecule has 0 bridgehead atoms. The maximum absolute atomic E-state index is 13.8. The van der Waals surface area contributed by atoms with Gasteiger partial charge in [0, 0.05) is 0 Å². The van der Waals surface area contributed by atoms with Crippen LogP contribution in [0.25, 0.3) is 6.08 Å². The number of fused-ring (bicyclic) bond motifs is 2. The zero-order valence-corrected chi connectivity index (χ0v) is 32.6. The van der Waals surface area contributed by atoms with E-state index in [1.54, 1.807) is 42.2 Å². The average molecular weight is 867 g/mol. The van der Waals surface area contributed by atoms with Gasteiger partial charge in [-0.3, -0.25) is 0 Å². The molecule has 7 rings (SSSR count). The van der Waals surface area contributed by atoms with E-state index in [0.717, 1.165) is 35.7 Å². The maximum atomic E-state index is 13.8. The van der Waals surface area contributed by atoms with E-state index in [9.17, 15) is 9.59 Å². The van der Waals surface area contributed by atoms with Crippen molar-refractivity contribution in [3.05, 3.63) is 201 Å². The Kier molecular flexibility index (Phi) is 10.6. The molecule has 2 aliphatic carbocycles. The molecule has 0 atom stereocenters. The van der Waals surface area contributed by atoms with Gasteiger partial charge in [0.25, 0.3) is 0 Å². The third-order valence-corrected chi connectivity index (χ3v) is 15.2. The van der Waals surface area contributed by atoms with E-state index in [1.165, 1.54) is 27.1 Å². The van der Waals surface area contributed by atoms with E-state index in [-0.39, 0.29) is 11.6 Å². The Labute approximate surface area is 317 Å². The minimum atomic E-state index is -2.50. The Bertz CT molecular complexity index is 2340. The fourth-order valence-corrected chi connectivity index (χ4v) is 13.1. The molecule has 0 amide bonds. The van der Waals surface area contributed by atoms with Gasteiger partial charge in [0.1, 0.15) is 0 Å². The Hall–Kier alpha value is -5.19. The number of carbonyl (C=O) groups is 2. The predicted octanol–water partition coefficient (Wildman–Crippen LogP) is 9.66. The predicted molar refractivity (Wildman–Crippen MR) is 213 cm³/mol. The summed E-state index contributed by atoms with van der Waals surface area (Å²) >= 11 is 1.75. The van der Waals surface area contributed by atoms with Crippen LogP contribution in [0.5, 0.6) is 0 Å². The SMILES string of the molecule is CC=C1CCCC1=CC(C#Cc1ccc2c(c1)C(=O)c1ccc(/C=C/C)cc1C2=O)=C([C]#[Os])[P+](c1ccccc1)(c1ccccc1)c1ccccc1. The third kappa shape index (κ3) is 6.52. The summed E-state index contributed by atoms with van der Waals surface area (Å²) in [6, 6.07) is 43.2. The molecule has 5 aromatic carbocycles. The molecule has 0 heterocycles. The van der Waals surface area contributed by atoms with Crippen molar-refractivity contribution >= 4 is 40.8 Å². The van der Waals surface area contributed by atoms with Crippen molar-refractivity contribution in [2.75, 3.05) is 0 Å². The molecule has 5 aromatic rings. The summed E-state index contributed by atoms with van der Waals surface area (Å²) in [4.78, 5) is 27.5. The standard InChI is InChI=1S/C48H37O2P.Os/c1-4-16-35-26-29-43-45(31-35)47(49)44-30-27-36(32-46(44)48(43)50)25-28-38(33-39-18-15-17-37(39)5-2)34(3)51(40-19-9-6-10-20-40,41-21-11-7-12-22-41)42-23-13-8-14-24-42;/h4-14,16,19-24,26-27,29-33H,15,17-18H2,1-2H3;/q+1;/b16-4+,37-5?,38-34?,39-33?;. The average Bonchev–Trinajstić information content (AvgIpc) is 3.66. The van der Waals surface area contributed by atoms with Crippen molar-refractivity contribution in [1.29, 1.82) is 0 Å². The van der Waals surface area contributed by atoms with Gasteiger partial charge in [-0.25, -0.2) is 0 Å². The van der Waals surface area contributed by atoms with Crippen molar-refractivity contribution in [3.8, 4) is 16.2 Å². The molecular formula is C48H37O2OsP+. The molecule has 2 aliphatic rings. The summed E-state index contributed by atoms with van der Waals surface area (Å²) in [7, 11) is -2.50. The molecule has 2 nitrogen and oxygen atoms in total. The number of carbonyl (C=O) groups excluding carboxylic acids is 2. The first kappa shape index (κ1) is 35.2. The Morgan fingerprint density at radius 3 is 1.73 bits per heavy atom. The van der Waals surface area contributed by atoms with Gasteiger partial charge < -0.3 is 0 Å². The quantitative estimate of drug-likeness (QED) is 0.124. The van der Waals surface area contributed by atoms with Crippen LogP contribution in [0, 0.1) is 16.2 Å². The monoisotopic (exact) mass is 868 g/mol. The first-order valence-electron chi connectivity index (χ1n) is 17.5. The van der Waals surface area contributed by atoms with E-state index in [4.69, 9.17) is 0 Å². The van der Waals surface area contributed by atoms with Crippen LogP contribution in [0.4, 0.5) is 0 Å². The van der Waals surface area contributed by atoms with Gasteiger partial charge in [-0.05, 0) is 12.5 Å².